The fourth-order valence-corrected chi connectivity index (χ4v) is 3.49. The molecule has 1 atom stereocenters. The molecule has 1 aromatic heterocycles. The highest BCUT2D eigenvalue weighted by Crippen LogP contribution is 2.40. The Morgan fingerprint density at radius 1 is 1.24 bits per heavy atom. The first-order valence-electron chi connectivity index (χ1n) is 8.79. The molecule has 2 aliphatic heterocycles. The summed E-state index contributed by atoms with van der Waals surface area (Å²) in [6.07, 6.45) is 1.95. The summed E-state index contributed by atoms with van der Waals surface area (Å²) in [6.45, 7) is 6.55. The Bertz CT molecular complexity index is 817. The van der Waals surface area contributed by atoms with E-state index in [1.807, 2.05) is 13.8 Å². The number of hydrogen-bond donors (Lipinski definition) is 0. The van der Waals surface area contributed by atoms with E-state index in [0.29, 0.717) is 12.1 Å². The van der Waals surface area contributed by atoms with Crippen LogP contribution >= 0.6 is 0 Å². The molecule has 1 saturated heterocycles. The van der Waals surface area contributed by atoms with Gasteiger partial charge in [0.2, 0.25) is 0 Å². The molecule has 2 aliphatic rings. The monoisotopic (exact) mass is 340 g/mol. The van der Waals surface area contributed by atoms with E-state index in [-0.39, 0.29) is 17.8 Å². The van der Waals surface area contributed by atoms with Crippen LogP contribution in [0, 0.1) is 5.82 Å². The molecule has 1 fully saturated rings. The van der Waals surface area contributed by atoms with Crippen molar-refractivity contribution in [1.82, 2.24) is 14.9 Å². The molecular formula is C19H21FN4O. The molecule has 25 heavy (non-hydrogen) atoms. The molecule has 0 saturated carbocycles. The predicted molar refractivity (Wildman–Crippen MR) is 92.9 cm³/mol. The third kappa shape index (κ3) is 2.65. The maximum atomic E-state index is 13.1. The standard InChI is InChI=1S/C19H21FN4O/c1-3-16-21-15-11-24(19(25)13-5-7-14(20)8-6-13)12(2)17(15)18(22-16)23-9-4-10-23/h5-8,12H,3-4,9-11H2,1-2H3. The van der Waals surface area contributed by atoms with Gasteiger partial charge in [-0.25, -0.2) is 14.4 Å². The molecule has 0 N–H and O–H groups in total. The lowest BCUT2D eigenvalue weighted by Crippen LogP contribution is -2.39. The fourth-order valence-electron chi connectivity index (χ4n) is 3.49. The number of hydrogen-bond acceptors (Lipinski definition) is 4. The Hall–Kier alpha value is -2.50. The normalized spacial score (nSPS) is 18.9. The molecular weight excluding hydrogens is 319 g/mol. The lowest BCUT2D eigenvalue weighted by Gasteiger charge is -2.34. The Labute approximate surface area is 146 Å². The summed E-state index contributed by atoms with van der Waals surface area (Å²) in [6, 6.07) is 5.62. The van der Waals surface area contributed by atoms with E-state index >= 15 is 0 Å². The van der Waals surface area contributed by atoms with Crippen molar-refractivity contribution >= 4 is 11.7 Å². The van der Waals surface area contributed by atoms with Crippen LogP contribution < -0.4 is 4.90 Å². The SMILES string of the molecule is CCc1nc2c(c(N3CCC3)n1)C(C)N(C(=O)c1ccc(F)cc1)C2. The molecule has 0 radical (unpaired) electrons. The van der Waals surface area contributed by atoms with Crippen LogP contribution in [-0.4, -0.2) is 33.9 Å². The van der Waals surface area contributed by atoms with Gasteiger partial charge in [-0.05, 0) is 37.6 Å². The van der Waals surface area contributed by atoms with Gasteiger partial charge in [-0.1, -0.05) is 6.92 Å². The summed E-state index contributed by atoms with van der Waals surface area (Å²) >= 11 is 0. The van der Waals surface area contributed by atoms with Gasteiger partial charge in [0, 0.05) is 30.6 Å². The molecule has 0 spiro atoms. The second-order valence-corrected chi connectivity index (χ2v) is 6.63. The molecule has 6 heteroatoms. The minimum atomic E-state index is -0.340. The molecule has 0 bridgehead atoms. The minimum absolute atomic E-state index is 0.0888. The summed E-state index contributed by atoms with van der Waals surface area (Å²) in [7, 11) is 0. The Kier molecular flexibility index (Phi) is 3.90. The number of carbonyl (C=O) groups is 1. The average molecular weight is 340 g/mol. The first-order chi connectivity index (χ1) is 12.1. The summed E-state index contributed by atoms with van der Waals surface area (Å²) in [4.78, 5) is 26.4. The number of benzene rings is 1. The van der Waals surface area contributed by atoms with Gasteiger partial charge in [0.25, 0.3) is 5.91 Å². The smallest absolute Gasteiger partial charge is 0.254 e. The number of carbonyl (C=O) groups excluding carboxylic acids is 1. The van der Waals surface area contributed by atoms with Gasteiger partial charge in [-0.2, -0.15) is 0 Å². The van der Waals surface area contributed by atoms with Crippen molar-refractivity contribution in [2.75, 3.05) is 18.0 Å². The number of nitrogens with zero attached hydrogens (tertiary/aromatic N) is 4. The quantitative estimate of drug-likeness (QED) is 0.861. The largest absolute Gasteiger partial charge is 0.356 e. The Balaban J connectivity index is 1.69. The zero-order valence-electron chi connectivity index (χ0n) is 14.5. The van der Waals surface area contributed by atoms with Crippen molar-refractivity contribution < 1.29 is 9.18 Å². The minimum Gasteiger partial charge on any atom is -0.356 e. The third-order valence-electron chi connectivity index (χ3n) is 5.08. The van der Waals surface area contributed by atoms with Crippen LogP contribution in [0.4, 0.5) is 10.2 Å². The van der Waals surface area contributed by atoms with Crippen LogP contribution in [0.15, 0.2) is 24.3 Å². The van der Waals surface area contributed by atoms with Gasteiger partial charge >= 0.3 is 0 Å². The van der Waals surface area contributed by atoms with Gasteiger partial charge in [-0.15, -0.1) is 0 Å². The molecule has 0 aliphatic carbocycles. The summed E-state index contributed by atoms with van der Waals surface area (Å²) < 4.78 is 13.1. The number of anilines is 1. The maximum Gasteiger partial charge on any atom is 0.254 e. The van der Waals surface area contributed by atoms with Crippen LogP contribution in [0.5, 0.6) is 0 Å². The Morgan fingerprint density at radius 3 is 2.56 bits per heavy atom. The highest BCUT2D eigenvalue weighted by atomic mass is 19.1. The summed E-state index contributed by atoms with van der Waals surface area (Å²) in [5.41, 5.74) is 2.50. The third-order valence-corrected chi connectivity index (χ3v) is 5.08. The predicted octanol–water partition coefficient (Wildman–Crippen LogP) is 3.11. The molecule has 5 nitrogen and oxygen atoms in total. The highest BCUT2D eigenvalue weighted by molar-refractivity contribution is 5.95. The summed E-state index contributed by atoms with van der Waals surface area (Å²) in [5, 5.41) is 0. The molecule has 1 unspecified atom stereocenters. The zero-order chi connectivity index (χ0) is 17.6. The van der Waals surface area contributed by atoms with Gasteiger partial charge < -0.3 is 9.80 Å². The van der Waals surface area contributed by atoms with Crippen molar-refractivity contribution in [2.45, 2.75) is 39.3 Å². The molecule has 130 valence electrons. The molecule has 1 aromatic carbocycles. The maximum absolute atomic E-state index is 13.1. The van der Waals surface area contributed by atoms with Gasteiger partial charge in [-0.3, -0.25) is 4.79 Å². The van der Waals surface area contributed by atoms with Crippen LogP contribution in [0.2, 0.25) is 0 Å². The van der Waals surface area contributed by atoms with Gasteiger partial charge in [0.1, 0.15) is 17.5 Å². The van der Waals surface area contributed by atoms with E-state index in [0.717, 1.165) is 42.4 Å². The van der Waals surface area contributed by atoms with E-state index in [1.54, 1.807) is 4.90 Å². The number of fused-ring (bicyclic) bond motifs is 1. The second-order valence-electron chi connectivity index (χ2n) is 6.63. The van der Waals surface area contributed by atoms with Crippen LogP contribution in [0.25, 0.3) is 0 Å². The van der Waals surface area contributed by atoms with E-state index in [1.165, 1.54) is 30.7 Å². The molecule has 4 rings (SSSR count). The highest BCUT2D eigenvalue weighted by Gasteiger charge is 2.37. The van der Waals surface area contributed by atoms with Gasteiger partial charge in [0.05, 0.1) is 18.3 Å². The molecule has 3 heterocycles. The van der Waals surface area contributed by atoms with Crippen LogP contribution in [-0.2, 0) is 13.0 Å². The van der Waals surface area contributed by atoms with Crippen molar-refractivity contribution in [3.63, 3.8) is 0 Å². The van der Waals surface area contributed by atoms with E-state index in [4.69, 9.17) is 4.98 Å². The summed E-state index contributed by atoms with van der Waals surface area (Å²) in [5.74, 6) is 1.37. The van der Waals surface area contributed by atoms with Gasteiger partial charge in [0.15, 0.2) is 0 Å². The number of rotatable bonds is 3. The molecule has 1 amide bonds. The van der Waals surface area contributed by atoms with Crippen molar-refractivity contribution in [3.8, 4) is 0 Å². The van der Waals surface area contributed by atoms with Crippen molar-refractivity contribution in [2.24, 2.45) is 0 Å². The fraction of sp³-hybridized carbons (Fsp3) is 0.421. The number of amides is 1. The lowest BCUT2D eigenvalue weighted by molar-refractivity contribution is 0.0704. The first kappa shape index (κ1) is 16.0. The van der Waals surface area contributed by atoms with Crippen LogP contribution in [0.3, 0.4) is 0 Å². The van der Waals surface area contributed by atoms with E-state index in [2.05, 4.69) is 9.88 Å². The van der Waals surface area contributed by atoms with E-state index < -0.39 is 0 Å². The Morgan fingerprint density at radius 2 is 1.96 bits per heavy atom. The average Bonchev–Trinajstić information content (AvgIpc) is 2.90. The first-order valence-corrected chi connectivity index (χ1v) is 8.79. The topological polar surface area (TPSA) is 49.3 Å². The van der Waals surface area contributed by atoms with Crippen molar-refractivity contribution in [3.05, 3.63) is 52.7 Å². The lowest BCUT2D eigenvalue weighted by atomic mass is 10.1. The number of aromatic nitrogens is 2. The zero-order valence-corrected chi connectivity index (χ0v) is 14.5. The molecule has 2 aromatic rings. The number of halogens is 1. The van der Waals surface area contributed by atoms with Crippen LogP contribution in [0.1, 0.15) is 53.7 Å². The second kappa shape index (κ2) is 6.10. The van der Waals surface area contributed by atoms with Crippen molar-refractivity contribution in [1.29, 1.82) is 0 Å². The number of aryl methyl sites for hydroxylation is 1. The van der Waals surface area contributed by atoms with E-state index in [9.17, 15) is 9.18 Å².